The highest BCUT2D eigenvalue weighted by Gasteiger charge is 2.15. The van der Waals surface area contributed by atoms with Crippen molar-refractivity contribution in [2.75, 3.05) is 6.54 Å². The molecule has 0 bridgehead atoms. The fourth-order valence-electron chi connectivity index (χ4n) is 2.45. The normalized spacial score (nSPS) is 13.5. The van der Waals surface area contributed by atoms with Crippen LogP contribution in [0.5, 0.6) is 0 Å². The van der Waals surface area contributed by atoms with E-state index in [4.69, 9.17) is 5.73 Å². The molecule has 92 valence electrons. The standard InChI is InChI=1S/C14H21N3/c1-10(2)12(6-7-15)11-4-5-14-13(8-11)16-9-17(14)3/h4-5,8-10,12H,6-7,15H2,1-3H3. The summed E-state index contributed by atoms with van der Waals surface area (Å²) in [5.74, 6) is 1.14. The van der Waals surface area contributed by atoms with Gasteiger partial charge in [0.25, 0.3) is 0 Å². The summed E-state index contributed by atoms with van der Waals surface area (Å²) in [4.78, 5) is 4.41. The van der Waals surface area contributed by atoms with E-state index in [1.165, 1.54) is 11.1 Å². The highest BCUT2D eigenvalue weighted by molar-refractivity contribution is 5.76. The molecule has 0 fully saturated rings. The van der Waals surface area contributed by atoms with E-state index in [2.05, 4.69) is 37.0 Å². The maximum Gasteiger partial charge on any atom is 0.0955 e. The molecule has 1 atom stereocenters. The van der Waals surface area contributed by atoms with Gasteiger partial charge in [0.1, 0.15) is 0 Å². The van der Waals surface area contributed by atoms with Gasteiger partial charge in [0.2, 0.25) is 0 Å². The van der Waals surface area contributed by atoms with Crippen molar-refractivity contribution in [1.82, 2.24) is 9.55 Å². The molecule has 3 heteroatoms. The van der Waals surface area contributed by atoms with Crippen LogP contribution in [-0.2, 0) is 7.05 Å². The summed E-state index contributed by atoms with van der Waals surface area (Å²) < 4.78 is 2.05. The Morgan fingerprint density at radius 3 is 2.76 bits per heavy atom. The molecule has 2 rings (SSSR count). The van der Waals surface area contributed by atoms with Gasteiger partial charge in [-0.2, -0.15) is 0 Å². The van der Waals surface area contributed by atoms with Crippen LogP contribution in [0.15, 0.2) is 24.5 Å². The van der Waals surface area contributed by atoms with Crippen molar-refractivity contribution in [3.63, 3.8) is 0 Å². The minimum absolute atomic E-state index is 0.534. The minimum Gasteiger partial charge on any atom is -0.334 e. The van der Waals surface area contributed by atoms with Crippen LogP contribution in [-0.4, -0.2) is 16.1 Å². The maximum absolute atomic E-state index is 5.70. The first-order valence-electron chi connectivity index (χ1n) is 6.24. The third kappa shape index (κ3) is 2.34. The summed E-state index contributed by atoms with van der Waals surface area (Å²) in [6.45, 7) is 5.25. The molecule has 0 aliphatic carbocycles. The van der Waals surface area contributed by atoms with E-state index in [9.17, 15) is 0 Å². The zero-order chi connectivity index (χ0) is 12.4. The van der Waals surface area contributed by atoms with Gasteiger partial charge < -0.3 is 10.3 Å². The lowest BCUT2D eigenvalue weighted by Gasteiger charge is -2.20. The lowest BCUT2D eigenvalue weighted by molar-refractivity contribution is 0.473. The number of fused-ring (bicyclic) bond motifs is 1. The number of hydrogen-bond acceptors (Lipinski definition) is 2. The molecule has 1 heterocycles. The third-order valence-electron chi connectivity index (χ3n) is 3.46. The molecular weight excluding hydrogens is 210 g/mol. The number of rotatable bonds is 4. The van der Waals surface area contributed by atoms with Crippen molar-refractivity contribution in [2.24, 2.45) is 18.7 Å². The van der Waals surface area contributed by atoms with Crippen molar-refractivity contribution >= 4 is 11.0 Å². The van der Waals surface area contributed by atoms with E-state index in [0.717, 1.165) is 18.5 Å². The highest BCUT2D eigenvalue weighted by atomic mass is 15.0. The van der Waals surface area contributed by atoms with Gasteiger partial charge >= 0.3 is 0 Å². The zero-order valence-electron chi connectivity index (χ0n) is 10.9. The highest BCUT2D eigenvalue weighted by Crippen LogP contribution is 2.29. The molecule has 3 nitrogen and oxygen atoms in total. The summed E-state index contributed by atoms with van der Waals surface area (Å²) in [7, 11) is 2.02. The van der Waals surface area contributed by atoms with Crippen molar-refractivity contribution in [1.29, 1.82) is 0 Å². The smallest absolute Gasteiger partial charge is 0.0955 e. The molecule has 1 aromatic heterocycles. The first-order chi connectivity index (χ1) is 8.13. The Hall–Kier alpha value is -1.35. The predicted octanol–water partition coefficient (Wildman–Crippen LogP) is 2.66. The van der Waals surface area contributed by atoms with Crippen LogP contribution < -0.4 is 5.73 Å². The lowest BCUT2D eigenvalue weighted by atomic mass is 9.85. The van der Waals surface area contributed by atoms with Crippen LogP contribution in [0, 0.1) is 5.92 Å². The molecule has 0 amide bonds. The molecule has 17 heavy (non-hydrogen) atoms. The third-order valence-corrected chi connectivity index (χ3v) is 3.46. The van der Waals surface area contributed by atoms with E-state index >= 15 is 0 Å². The molecule has 2 aromatic rings. The monoisotopic (exact) mass is 231 g/mol. The minimum atomic E-state index is 0.534. The Kier molecular flexibility index (Phi) is 3.48. The SMILES string of the molecule is CC(C)C(CCN)c1ccc2c(c1)ncn2C. The van der Waals surface area contributed by atoms with Crippen molar-refractivity contribution in [2.45, 2.75) is 26.2 Å². The molecule has 0 saturated heterocycles. The van der Waals surface area contributed by atoms with E-state index in [0.29, 0.717) is 11.8 Å². The molecule has 0 radical (unpaired) electrons. The van der Waals surface area contributed by atoms with Gasteiger partial charge in [-0.15, -0.1) is 0 Å². The Balaban J connectivity index is 2.40. The maximum atomic E-state index is 5.70. The first kappa shape index (κ1) is 12.1. The summed E-state index contributed by atoms with van der Waals surface area (Å²) in [5.41, 5.74) is 9.32. The van der Waals surface area contributed by atoms with Crippen LogP contribution in [0.4, 0.5) is 0 Å². The average Bonchev–Trinajstić information content (AvgIpc) is 2.67. The van der Waals surface area contributed by atoms with Crippen LogP contribution >= 0.6 is 0 Å². The molecule has 2 N–H and O–H groups in total. The Morgan fingerprint density at radius 2 is 2.12 bits per heavy atom. The summed E-state index contributed by atoms with van der Waals surface area (Å²) in [6, 6.07) is 6.57. The van der Waals surface area contributed by atoms with Gasteiger partial charge in [-0.3, -0.25) is 0 Å². The number of hydrogen-bond donors (Lipinski definition) is 1. The van der Waals surface area contributed by atoms with E-state index in [1.54, 1.807) is 0 Å². The predicted molar refractivity (Wildman–Crippen MR) is 72.0 cm³/mol. The molecule has 0 aliphatic rings. The zero-order valence-corrected chi connectivity index (χ0v) is 10.9. The fourth-order valence-corrected chi connectivity index (χ4v) is 2.45. The van der Waals surface area contributed by atoms with Crippen molar-refractivity contribution < 1.29 is 0 Å². The van der Waals surface area contributed by atoms with E-state index in [1.807, 2.05) is 17.9 Å². The number of nitrogens with zero attached hydrogens (tertiary/aromatic N) is 2. The molecule has 1 unspecified atom stereocenters. The van der Waals surface area contributed by atoms with Gasteiger partial charge in [0, 0.05) is 7.05 Å². The molecule has 0 saturated carbocycles. The molecule has 0 aliphatic heterocycles. The van der Waals surface area contributed by atoms with E-state index < -0.39 is 0 Å². The number of aryl methyl sites for hydroxylation is 1. The molecule has 1 aromatic carbocycles. The van der Waals surface area contributed by atoms with Crippen LogP contribution in [0.1, 0.15) is 31.7 Å². The summed E-state index contributed by atoms with van der Waals surface area (Å²) >= 11 is 0. The van der Waals surface area contributed by atoms with Gasteiger partial charge in [0.15, 0.2) is 0 Å². The van der Waals surface area contributed by atoms with Crippen molar-refractivity contribution in [3.8, 4) is 0 Å². The van der Waals surface area contributed by atoms with E-state index in [-0.39, 0.29) is 0 Å². The Bertz CT molecular complexity index is 499. The van der Waals surface area contributed by atoms with Gasteiger partial charge in [-0.05, 0) is 42.5 Å². The summed E-state index contributed by atoms with van der Waals surface area (Å²) in [5, 5.41) is 0. The van der Waals surface area contributed by atoms with Crippen molar-refractivity contribution in [3.05, 3.63) is 30.1 Å². The van der Waals surface area contributed by atoms with Gasteiger partial charge in [0.05, 0.1) is 17.4 Å². The van der Waals surface area contributed by atoms with Gasteiger partial charge in [-0.1, -0.05) is 19.9 Å². The second-order valence-electron chi connectivity index (χ2n) is 5.03. The summed E-state index contributed by atoms with van der Waals surface area (Å²) in [6.07, 6.45) is 2.90. The second-order valence-corrected chi connectivity index (χ2v) is 5.03. The number of imidazole rings is 1. The largest absolute Gasteiger partial charge is 0.334 e. The number of aromatic nitrogens is 2. The number of nitrogens with two attached hydrogens (primary N) is 1. The van der Waals surface area contributed by atoms with Crippen LogP contribution in [0.3, 0.4) is 0 Å². The molecular formula is C14H21N3. The second kappa shape index (κ2) is 4.88. The van der Waals surface area contributed by atoms with Gasteiger partial charge in [-0.25, -0.2) is 4.98 Å². The Labute approximate surface area is 103 Å². The average molecular weight is 231 g/mol. The molecule has 0 spiro atoms. The van der Waals surface area contributed by atoms with Crippen LogP contribution in [0.2, 0.25) is 0 Å². The van der Waals surface area contributed by atoms with Crippen LogP contribution in [0.25, 0.3) is 11.0 Å². The lowest BCUT2D eigenvalue weighted by Crippen LogP contribution is -2.12. The Morgan fingerprint density at radius 1 is 1.35 bits per heavy atom. The number of benzene rings is 1. The quantitative estimate of drug-likeness (QED) is 0.879. The first-order valence-corrected chi connectivity index (χ1v) is 6.24. The topological polar surface area (TPSA) is 43.8 Å². The fraction of sp³-hybridized carbons (Fsp3) is 0.500.